The van der Waals surface area contributed by atoms with Crippen molar-refractivity contribution in [2.45, 2.75) is 31.3 Å². The van der Waals surface area contributed by atoms with E-state index in [9.17, 15) is 19.5 Å². The van der Waals surface area contributed by atoms with Crippen LogP contribution in [-0.2, 0) is 27.9 Å². The van der Waals surface area contributed by atoms with E-state index in [0.29, 0.717) is 0 Å². The molecule has 0 saturated heterocycles. The largest absolute Gasteiger partial charge is 0.480 e. The molecule has 140 valence electrons. The zero-order chi connectivity index (χ0) is 19.3. The Labute approximate surface area is 155 Å². The molecule has 0 bridgehead atoms. The van der Waals surface area contributed by atoms with Crippen molar-refractivity contribution in [3.8, 4) is 0 Å². The highest BCUT2D eigenvalue weighted by molar-refractivity contribution is 6.15. The lowest BCUT2D eigenvalue weighted by Crippen LogP contribution is -2.49. The maximum atomic E-state index is 12.3. The van der Waals surface area contributed by atoms with Crippen molar-refractivity contribution in [2.75, 3.05) is 0 Å². The molecule has 0 radical (unpaired) electrons. The molecule has 0 fully saturated rings. The van der Waals surface area contributed by atoms with Crippen LogP contribution in [0.1, 0.15) is 18.4 Å². The minimum atomic E-state index is -1.16. The van der Waals surface area contributed by atoms with Crippen molar-refractivity contribution in [1.82, 2.24) is 14.7 Å². The first-order valence-electron chi connectivity index (χ1n) is 8.04. The lowest BCUT2D eigenvalue weighted by atomic mass is 10.0. The fourth-order valence-electron chi connectivity index (χ4n) is 2.80. The monoisotopic (exact) mass is 380 g/mol. The summed E-state index contributed by atoms with van der Waals surface area (Å²) in [5.41, 5.74) is 6.85. The Kier molecular flexibility index (Phi) is 6.59. The van der Waals surface area contributed by atoms with Crippen LogP contribution in [0.25, 0.3) is 10.9 Å². The molecule has 0 spiro atoms. The van der Waals surface area contributed by atoms with E-state index in [2.05, 4.69) is 10.2 Å². The van der Waals surface area contributed by atoms with E-state index >= 15 is 0 Å². The highest BCUT2D eigenvalue weighted by Crippen LogP contribution is 2.21. The summed E-state index contributed by atoms with van der Waals surface area (Å²) in [6.07, 6.45) is 1.99. The van der Waals surface area contributed by atoms with Gasteiger partial charge in [0.1, 0.15) is 12.1 Å². The molecule has 8 nitrogen and oxygen atoms in total. The third-order valence-corrected chi connectivity index (χ3v) is 4.41. The predicted octanol–water partition coefficient (Wildman–Crippen LogP) is 0.668. The number of nitrogens with one attached hydrogen (secondary N) is 2. The minimum absolute atomic E-state index is 0.0428. The number of aliphatic carboxylic acids is 1. The molecule has 1 heterocycles. The van der Waals surface area contributed by atoms with Crippen LogP contribution in [0.5, 0.6) is 0 Å². The van der Waals surface area contributed by atoms with E-state index in [-0.39, 0.29) is 19.3 Å². The van der Waals surface area contributed by atoms with Gasteiger partial charge in [-0.15, -0.1) is 0 Å². The number of fused-ring (bicyclic) bond motifs is 1. The Morgan fingerprint density at radius 1 is 1.27 bits per heavy atom. The molecule has 2 atom stereocenters. The van der Waals surface area contributed by atoms with Crippen molar-refractivity contribution in [2.24, 2.45) is 12.8 Å². The Balaban J connectivity index is 2.14. The van der Waals surface area contributed by atoms with E-state index in [0.717, 1.165) is 16.5 Å². The van der Waals surface area contributed by atoms with Gasteiger partial charge in [-0.25, -0.2) is 9.63 Å². The van der Waals surface area contributed by atoms with Gasteiger partial charge in [0, 0.05) is 37.0 Å². The standard InChI is InChI=1S/C17H21ClN4O4/c1-22-9-10(11-4-2-3-5-14(11)22)8-13(17(25)26)20-16(24)12(21-18)6-7-15(19)23/h2-5,9,12-13,21H,6-8H2,1H3,(H2,19,23)(H,20,24)(H,25,26)/t12-,13+/m0/s1. The molecule has 2 aromatic rings. The van der Waals surface area contributed by atoms with Gasteiger partial charge >= 0.3 is 5.97 Å². The summed E-state index contributed by atoms with van der Waals surface area (Å²) >= 11 is 5.54. The summed E-state index contributed by atoms with van der Waals surface area (Å²) in [7, 11) is 1.87. The minimum Gasteiger partial charge on any atom is -0.480 e. The van der Waals surface area contributed by atoms with Gasteiger partial charge in [-0.05, 0) is 29.8 Å². The lowest BCUT2D eigenvalue weighted by Gasteiger charge is -2.19. The first-order chi connectivity index (χ1) is 12.3. The van der Waals surface area contributed by atoms with E-state index < -0.39 is 29.9 Å². The van der Waals surface area contributed by atoms with Crippen LogP contribution in [-0.4, -0.2) is 39.5 Å². The van der Waals surface area contributed by atoms with Gasteiger partial charge in [-0.2, -0.15) is 0 Å². The van der Waals surface area contributed by atoms with Crippen molar-refractivity contribution in [1.29, 1.82) is 0 Å². The van der Waals surface area contributed by atoms with Gasteiger partial charge in [0.05, 0.1) is 0 Å². The van der Waals surface area contributed by atoms with Crippen LogP contribution in [0.3, 0.4) is 0 Å². The van der Waals surface area contributed by atoms with Crippen molar-refractivity contribution >= 4 is 40.5 Å². The number of carboxylic acids is 1. The summed E-state index contributed by atoms with van der Waals surface area (Å²) in [5, 5.41) is 12.9. The summed E-state index contributed by atoms with van der Waals surface area (Å²) in [6, 6.07) is 5.56. The van der Waals surface area contributed by atoms with Gasteiger partial charge in [-0.3, -0.25) is 9.59 Å². The molecule has 5 N–H and O–H groups in total. The molecule has 0 aliphatic carbocycles. The third kappa shape index (κ3) is 4.74. The highest BCUT2D eigenvalue weighted by atomic mass is 35.5. The Morgan fingerprint density at radius 3 is 2.58 bits per heavy atom. The first-order valence-corrected chi connectivity index (χ1v) is 8.41. The average molecular weight is 381 g/mol. The molecule has 2 rings (SSSR count). The van der Waals surface area contributed by atoms with E-state index in [1.54, 1.807) is 0 Å². The normalized spacial score (nSPS) is 13.3. The van der Waals surface area contributed by atoms with Gasteiger partial charge in [0.2, 0.25) is 11.8 Å². The quantitative estimate of drug-likeness (QED) is 0.475. The molecular formula is C17H21ClN4O4. The number of hydrogen-bond acceptors (Lipinski definition) is 4. The number of aryl methyl sites for hydroxylation is 1. The number of carbonyl (C=O) groups excluding carboxylic acids is 2. The number of primary amides is 1. The number of carbonyl (C=O) groups is 3. The van der Waals surface area contributed by atoms with Crippen LogP contribution in [0, 0.1) is 0 Å². The smallest absolute Gasteiger partial charge is 0.326 e. The van der Waals surface area contributed by atoms with Crippen LogP contribution in [0.4, 0.5) is 0 Å². The van der Waals surface area contributed by atoms with Gasteiger partial charge in [0.25, 0.3) is 0 Å². The third-order valence-electron chi connectivity index (χ3n) is 4.15. The topological polar surface area (TPSA) is 126 Å². The van der Waals surface area contributed by atoms with Crippen molar-refractivity contribution in [3.63, 3.8) is 0 Å². The van der Waals surface area contributed by atoms with Crippen molar-refractivity contribution in [3.05, 3.63) is 36.0 Å². The molecule has 26 heavy (non-hydrogen) atoms. The van der Waals surface area contributed by atoms with Gasteiger partial charge in [0.15, 0.2) is 0 Å². The molecule has 0 saturated carbocycles. The maximum Gasteiger partial charge on any atom is 0.326 e. The van der Waals surface area contributed by atoms with E-state index in [4.69, 9.17) is 17.5 Å². The SMILES string of the molecule is Cn1cc(C[C@@H](NC(=O)[C@H](CCC(N)=O)NCl)C(=O)O)c2ccccc21. The number of halogens is 1. The van der Waals surface area contributed by atoms with Crippen molar-refractivity contribution < 1.29 is 19.5 Å². The fraction of sp³-hybridized carbons (Fsp3) is 0.353. The molecular weight excluding hydrogens is 360 g/mol. The zero-order valence-corrected chi connectivity index (χ0v) is 15.0. The second-order valence-electron chi connectivity index (χ2n) is 6.05. The highest BCUT2D eigenvalue weighted by Gasteiger charge is 2.26. The number of para-hydroxylation sites is 1. The number of nitrogens with two attached hydrogens (primary N) is 1. The summed E-state index contributed by atoms with van der Waals surface area (Å²) in [4.78, 5) is 37.0. The fourth-order valence-corrected chi connectivity index (χ4v) is 3.01. The second-order valence-corrected chi connectivity index (χ2v) is 6.27. The maximum absolute atomic E-state index is 12.3. The Morgan fingerprint density at radius 2 is 1.96 bits per heavy atom. The van der Waals surface area contributed by atoms with Crippen LogP contribution in [0.15, 0.2) is 30.5 Å². The lowest BCUT2D eigenvalue weighted by molar-refractivity contribution is -0.142. The van der Waals surface area contributed by atoms with Crippen LogP contribution < -0.4 is 15.9 Å². The molecule has 2 amide bonds. The second kappa shape index (κ2) is 8.68. The van der Waals surface area contributed by atoms with Crippen LogP contribution in [0.2, 0.25) is 0 Å². The van der Waals surface area contributed by atoms with Gasteiger partial charge < -0.3 is 20.7 Å². The molecule has 0 aliphatic heterocycles. The number of rotatable bonds is 9. The zero-order valence-electron chi connectivity index (χ0n) is 14.2. The Bertz CT molecular complexity index is 820. The summed E-state index contributed by atoms with van der Waals surface area (Å²) < 4.78 is 1.90. The van der Waals surface area contributed by atoms with E-state index in [1.807, 2.05) is 42.1 Å². The number of hydrogen-bond donors (Lipinski definition) is 4. The first kappa shape index (κ1) is 19.7. The predicted molar refractivity (Wildman–Crippen MR) is 97.4 cm³/mol. The number of aromatic nitrogens is 1. The summed E-state index contributed by atoms with van der Waals surface area (Å²) in [5.74, 6) is -2.33. The molecule has 1 aromatic carbocycles. The Hall–Kier alpha value is -2.58. The number of benzene rings is 1. The number of amides is 2. The van der Waals surface area contributed by atoms with E-state index in [1.165, 1.54) is 0 Å². The number of nitrogens with zero attached hydrogens (tertiary/aromatic N) is 1. The number of carboxylic acid groups (broad SMARTS) is 1. The van der Waals surface area contributed by atoms with Gasteiger partial charge in [-0.1, -0.05) is 18.2 Å². The average Bonchev–Trinajstić information content (AvgIpc) is 2.91. The molecule has 1 aromatic heterocycles. The molecule has 0 unspecified atom stereocenters. The molecule has 0 aliphatic rings. The summed E-state index contributed by atoms with van der Waals surface area (Å²) in [6.45, 7) is 0. The molecule has 9 heteroatoms. The van der Waals surface area contributed by atoms with Crippen LogP contribution >= 0.6 is 11.8 Å².